The predicted molar refractivity (Wildman–Crippen MR) is 77.8 cm³/mol. The molecule has 0 bridgehead atoms. The second kappa shape index (κ2) is 7.48. The van der Waals surface area contributed by atoms with Crippen molar-refractivity contribution in [1.82, 2.24) is 4.98 Å². The first kappa shape index (κ1) is 14.3. The van der Waals surface area contributed by atoms with Crippen molar-refractivity contribution in [3.63, 3.8) is 0 Å². The zero-order valence-electron chi connectivity index (χ0n) is 11.5. The summed E-state index contributed by atoms with van der Waals surface area (Å²) in [6.45, 7) is 3.12. The molecule has 0 saturated heterocycles. The molecule has 1 aromatic heterocycles. The van der Waals surface area contributed by atoms with Crippen molar-refractivity contribution in [2.45, 2.75) is 45.4 Å². The van der Waals surface area contributed by atoms with Crippen LogP contribution in [0, 0.1) is 5.92 Å². The third kappa shape index (κ3) is 4.49. The SMILES string of the molecule is CCOC(=O)c1csc(NCCCC2CCCC2)n1. The van der Waals surface area contributed by atoms with E-state index in [0.29, 0.717) is 12.3 Å². The summed E-state index contributed by atoms with van der Waals surface area (Å²) in [4.78, 5) is 15.7. The normalized spacial score (nSPS) is 15.6. The zero-order valence-corrected chi connectivity index (χ0v) is 12.3. The highest BCUT2D eigenvalue weighted by Gasteiger charge is 2.14. The van der Waals surface area contributed by atoms with Crippen molar-refractivity contribution >= 4 is 22.4 Å². The summed E-state index contributed by atoms with van der Waals surface area (Å²) in [5, 5.41) is 5.85. The fraction of sp³-hybridized carbons (Fsp3) is 0.714. The molecule has 0 amide bonds. The van der Waals surface area contributed by atoms with Crippen LogP contribution in [0.25, 0.3) is 0 Å². The zero-order chi connectivity index (χ0) is 13.5. The van der Waals surface area contributed by atoms with Crippen LogP contribution in [0.4, 0.5) is 5.13 Å². The highest BCUT2D eigenvalue weighted by molar-refractivity contribution is 7.13. The molecule has 5 heteroatoms. The Morgan fingerprint density at radius 2 is 2.32 bits per heavy atom. The molecule has 2 rings (SSSR count). The molecule has 1 aliphatic rings. The molecule has 1 N–H and O–H groups in total. The molecule has 0 unspecified atom stereocenters. The number of ether oxygens (including phenoxy) is 1. The number of anilines is 1. The number of carbonyl (C=O) groups excluding carboxylic acids is 1. The third-order valence-electron chi connectivity index (χ3n) is 3.53. The molecule has 1 heterocycles. The lowest BCUT2D eigenvalue weighted by Gasteiger charge is -2.08. The van der Waals surface area contributed by atoms with Gasteiger partial charge < -0.3 is 10.1 Å². The Kier molecular flexibility index (Phi) is 5.63. The largest absolute Gasteiger partial charge is 0.461 e. The van der Waals surface area contributed by atoms with E-state index in [0.717, 1.165) is 17.6 Å². The van der Waals surface area contributed by atoms with E-state index in [1.54, 1.807) is 12.3 Å². The lowest BCUT2D eigenvalue weighted by atomic mass is 10.0. The van der Waals surface area contributed by atoms with Crippen LogP contribution >= 0.6 is 11.3 Å². The van der Waals surface area contributed by atoms with Gasteiger partial charge >= 0.3 is 5.97 Å². The van der Waals surface area contributed by atoms with Gasteiger partial charge in [-0.3, -0.25) is 0 Å². The summed E-state index contributed by atoms with van der Waals surface area (Å²) >= 11 is 1.46. The second-order valence-electron chi connectivity index (χ2n) is 4.98. The Hall–Kier alpha value is -1.10. The molecule has 0 aliphatic heterocycles. The first-order valence-corrected chi connectivity index (χ1v) is 8.04. The van der Waals surface area contributed by atoms with Gasteiger partial charge in [-0.05, 0) is 25.7 Å². The third-order valence-corrected chi connectivity index (χ3v) is 4.33. The molecule has 0 radical (unpaired) electrons. The Morgan fingerprint density at radius 3 is 3.05 bits per heavy atom. The summed E-state index contributed by atoms with van der Waals surface area (Å²) in [6.07, 6.45) is 8.12. The fourth-order valence-corrected chi connectivity index (χ4v) is 3.25. The molecular formula is C14H22N2O2S. The van der Waals surface area contributed by atoms with Gasteiger partial charge in [0.2, 0.25) is 0 Å². The standard InChI is InChI=1S/C14H22N2O2S/c1-2-18-13(17)12-10-19-14(16-12)15-9-5-8-11-6-3-4-7-11/h10-11H,2-9H2,1H3,(H,15,16). The molecule has 0 spiro atoms. The number of aromatic nitrogens is 1. The van der Waals surface area contributed by atoms with E-state index in [9.17, 15) is 4.79 Å². The van der Waals surface area contributed by atoms with Crippen LogP contribution < -0.4 is 5.32 Å². The number of rotatable bonds is 7. The monoisotopic (exact) mass is 282 g/mol. The van der Waals surface area contributed by atoms with E-state index in [1.807, 2.05) is 0 Å². The van der Waals surface area contributed by atoms with E-state index in [1.165, 1.54) is 49.9 Å². The quantitative estimate of drug-likeness (QED) is 0.612. The highest BCUT2D eigenvalue weighted by Crippen LogP contribution is 2.28. The number of carbonyl (C=O) groups is 1. The first-order chi connectivity index (χ1) is 9.29. The van der Waals surface area contributed by atoms with Crippen LogP contribution in [-0.2, 0) is 4.74 Å². The average molecular weight is 282 g/mol. The number of nitrogens with zero attached hydrogens (tertiary/aromatic N) is 1. The van der Waals surface area contributed by atoms with Gasteiger partial charge in [0.25, 0.3) is 0 Å². The fourth-order valence-electron chi connectivity index (χ4n) is 2.54. The predicted octanol–water partition coefficient (Wildman–Crippen LogP) is 3.70. The Bertz CT molecular complexity index is 400. The summed E-state index contributed by atoms with van der Waals surface area (Å²) in [7, 11) is 0. The molecule has 1 aromatic rings. The number of thiazole rings is 1. The van der Waals surface area contributed by atoms with Crippen molar-refractivity contribution in [2.24, 2.45) is 5.92 Å². The lowest BCUT2D eigenvalue weighted by Crippen LogP contribution is -2.07. The summed E-state index contributed by atoms with van der Waals surface area (Å²) in [6, 6.07) is 0. The van der Waals surface area contributed by atoms with Crippen LogP contribution in [0.2, 0.25) is 0 Å². The molecule has 0 atom stereocenters. The van der Waals surface area contributed by atoms with Gasteiger partial charge in [0.1, 0.15) is 0 Å². The molecule has 1 saturated carbocycles. The number of hydrogen-bond acceptors (Lipinski definition) is 5. The van der Waals surface area contributed by atoms with Gasteiger partial charge in [0, 0.05) is 11.9 Å². The van der Waals surface area contributed by atoms with Crippen molar-refractivity contribution < 1.29 is 9.53 Å². The summed E-state index contributed by atoms with van der Waals surface area (Å²) < 4.78 is 4.91. The molecule has 4 nitrogen and oxygen atoms in total. The van der Waals surface area contributed by atoms with Crippen LogP contribution in [-0.4, -0.2) is 24.1 Å². The molecular weight excluding hydrogens is 260 g/mol. The summed E-state index contributed by atoms with van der Waals surface area (Å²) in [5.41, 5.74) is 0.408. The van der Waals surface area contributed by atoms with Gasteiger partial charge in [0.05, 0.1) is 6.61 Å². The van der Waals surface area contributed by atoms with Gasteiger partial charge in [-0.2, -0.15) is 0 Å². The minimum Gasteiger partial charge on any atom is -0.461 e. The van der Waals surface area contributed by atoms with Gasteiger partial charge in [-0.1, -0.05) is 25.7 Å². The minimum absolute atomic E-state index is 0.335. The van der Waals surface area contributed by atoms with Gasteiger partial charge in [-0.15, -0.1) is 11.3 Å². The Labute approximate surface area is 118 Å². The van der Waals surface area contributed by atoms with Crippen molar-refractivity contribution in [3.8, 4) is 0 Å². The number of hydrogen-bond donors (Lipinski definition) is 1. The lowest BCUT2D eigenvalue weighted by molar-refractivity contribution is 0.0520. The van der Waals surface area contributed by atoms with Crippen molar-refractivity contribution in [2.75, 3.05) is 18.5 Å². The minimum atomic E-state index is -0.335. The number of nitrogens with one attached hydrogen (secondary N) is 1. The van der Waals surface area contributed by atoms with E-state index in [2.05, 4.69) is 10.3 Å². The van der Waals surface area contributed by atoms with Crippen molar-refractivity contribution in [3.05, 3.63) is 11.1 Å². The van der Waals surface area contributed by atoms with Gasteiger partial charge in [0.15, 0.2) is 10.8 Å². The maximum absolute atomic E-state index is 11.5. The number of esters is 1. The maximum atomic E-state index is 11.5. The van der Waals surface area contributed by atoms with E-state index in [-0.39, 0.29) is 5.97 Å². The molecule has 106 valence electrons. The van der Waals surface area contributed by atoms with Crippen LogP contribution in [0.15, 0.2) is 5.38 Å². The smallest absolute Gasteiger partial charge is 0.357 e. The first-order valence-electron chi connectivity index (χ1n) is 7.16. The highest BCUT2D eigenvalue weighted by atomic mass is 32.1. The topological polar surface area (TPSA) is 51.2 Å². The Balaban J connectivity index is 1.66. The van der Waals surface area contributed by atoms with E-state index >= 15 is 0 Å². The van der Waals surface area contributed by atoms with Gasteiger partial charge in [-0.25, -0.2) is 9.78 Å². The molecule has 0 aromatic carbocycles. The molecule has 1 fully saturated rings. The van der Waals surface area contributed by atoms with Crippen molar-refractivity contribution in [1.29, 1.82) is 0 Å². The van der Waals surface area contributed by atoms with E-state index in [4.69, 9.17) is 4.74 Å². The average Bonchev–Trinajstić information content (AvgIpc) is 3.06. The van der Waals surface area contributed by atoms with E-state index < -0.39 is 0 Å². The summed E-state index contributed by atoms with van der Waals surface area (Å²) in [5.74, 6) is 0.603. The van der Waals surface area contributed by atoms with Crippen LogP contribution in [0.1, 0.15) is 55.9 Å². The Morgan fingerprint density at radius 1 is 1.53 bits per heavy atom. The second-order valence-corrected chi connectivity index (χ2v) is 5.84. The molecule has 19 heavy (non-hydrogen) atoms. The van der Waals surface area contributed by atoms with Crippen LogP contribution in [0.5, 0.6) is 0 Å². The molecule has 1 aliphatic carbocycles. The van der Waals surface area contributed by atoms with Crippen LogP contribution in [0.3, 0.4) is 0 Å². The maximum Gasteiger partial charge on any atom is 0.357 e.